The minimum atomic E-state index is -0.0880. The standard InChI is InChI=1S/C24H42N4O4S2/c1-7-25-15-19(29)27(21(25)33)17-23(3,4)9-11-31-13-14-32-12-10-24(5,6)18-28-20(30)16-26(8-2)22(28)34/h7-18H2,1-6H3. The summed E-state index contributed by atoms with van der Waals surface area (Å²) in [6, 6.07) is 0. The van der Waals surface area contributed by atoms with Gasteiger partial charge in [0, 0.05) is 39.4 Å². The molecule has 0 bridgehead atoms. The summed E-state index contributed by atoms with van der Waals surface area (Å²) >= 11 is 10.9. The lowest BCUT2D eigenvalue weighted by atomic mass is 9.89. The van der Waals surface area contributed by atoms with E-state index in [1.807, 2.05) is 23.6 Å². The van der Waals surface area contributed by atoms with Gasteiger partial charge in [-0.25, -0.2) is 0 Å². The molecule has 8 nitrogen and oxygen atoms in total. The van der Waals surface area contributed by atoms with Crippen LogP contribution in [0, 0.1) is 10.8 Å². The summed E-state index contributed by atoms with van der Waals surface area (Å²) in [6.07, 6.45) is 1.66. The fraction of sp³-hybridized carbons (Fsp3) is 0.833. The van der Waals surface area contributed by atoms with Gasteiger partial charge >= 0.3 is 0 Å². The van der Waals surface area contributed by atoms with Crippen molar-refractivity contribution in [1.82, 2.24) is 19.6 Å². The summed E-state index contributed by atoms with van der Waals surface area (Å²) in [5, 5.41) is 1.27. The Morgan fingerprint density at radius 2 is 1.06 bits per heavy atom. The van der Waals surface area contributed by atoms with Gasteiger partial charge in [-0.1, -0.05) is 27.7 Å². The molecule has 0 spiro atoms. The second kappa shape index (κ2) is 12.6. The smallest absolute Gasteiger partial charge is 0.248 e. The van der Waals surface area contributed by atoms with Crippen molar-refractivity contribution in [3.63, 3.8) is 0 Å². The Kier molecular flexibility index (Phi) is 10.7. The first-order chi connectivity index (χ1) is 15.9. The monoisotopic (exact) mass is 514 g/mol. The Morgan fingerprint density at radius 1 is 0.706 bits per heavy atom. The largest absolute Gasteiger partial charge is 0.379 e. The highest BCUT2D eigenvalue weighted by molar-refractivity contribution is 7.80. The molecule has 34 heavy (non-hydrogen) atoms. The molecule has 0 aromatic rings. The van der Waals surface area contributed by atoms with Gasteiger partial charge in [-0.2, -0.15) is 0 Å². The third-order valence-electron chi connectivity index (χ3n) is 6.41. The predicted octanol–water partition coefficient (Wildman–Crippen LogP) is 2.75. The first kappa shape index (κ1) is 28.9. The Balaban J connectivity index is 1.59. The third kappa shape index (κ3) is 8.10. The maximum absolute atomic E-state index is 12.3. The number of carbonyl (C=O) groups excluding carboxylic acids is 2. The lowest BCUT2D eigenvalue weighted by molar-refractivity contribution is -0.126. The van der Waals surface area contributed by atoms with Gasteiger partial charge in [0.1, 0.15) is 0 Å². The van der Waals surface area contributed by atoms with Crippen molar-refractivity contribution in [2.75, 3.05) is 65.7 Å². The Morgan fingerprint density at radius 3 is 1.35 bits per heavy atom. The Hall–Kier alpha value is -1.36. The van der Waals surface area contributed by atoms with E-state index in [1.54, 1.807) is 9.80 Å². The minimum absolute atomic E-state index is 0.0794. The molecular weight excluding hydrogens is 472 g/mol. The van der Waals surface area contributed by atoms with Crippen molar-refractivity contribution in [3.05, 3.63) is 0 Å². The van der Waals surface area contributed by atoms with Crippen molar-refractivity contribution >= 4 is 46.5 Å². The molecule has 0 aliphatic carbocycles. The van der Waals surface area contributed by atoms with Crippen molar-refractivity contribution in [2.24, 2.45) is 10.8 Å². The quantitative estimate of drug-likeness (QED) is 0.244. The molecule has 2 amide bonds. The van der Waals surface area contributed by atoms with Gasteiger partial charge in [-0.05, 0) is 62.0 Å². The highest BCUT2D eigenvalue weighted by atomic mass is 32.1. The van der Waals surface area contributed by atoms with E-state index in [0.717, 1.165) is 25.9 Å². The number of nitrogens with zero attached hydrogens (tertiary/aromatic N) is 4. The van der Waals surface area contributed by atoms with E-state index in [-0.39, 0.29) is 22.6 Å². The van der Waals surface area contributed by atoms with Gasteiger partial charge in [0.25, 0.3) is 0 Å². The van der Waals surface area contributed by atoms with Crippen LogP contribution in [0.2, 0.25) is 0 Å². The van der Waals surface area contributed by atoms with Crippen LogP contribution in [0.25, 0.3) is 0 Å². The van der Waals surface area contributed by atoms with Crippen LogP contribution in [-0.4, -0.2) is 107 Å². The van der Waals surface area contributed by atoms with Crippen molar-refractivity contribution in [3.8, 4) is 0 Å². The van der Waals surface area contributed by atoms with E-state index < -0.39 is 0 Å². The van der Waals surface area contributed by atoms with E-state index in [0.29, 0.717) is 62.8 Å². The average Bonchev–Trinajstić information content (AvgIpc) is 3.19. The number of hydrogen-bond acceptors (Lipinski definition) is 6. The molecule has 0 aromatic carbocycles. The summed E-state index contributed by atoms with van der Waals surface area (Å²) in [4.78, 5) is 31.8. The number of carbonyl (C=O) groups is 2. The maximum atomic E-state index is 12.3. The van der Waals surface area contributed by atoms with Crippen LogP contribution in [-0.2, 0) is 19.1 Å². The molecule has 0 unspecified atom stereocenters. The third-order valence-corrected chi connectivity index (χ3v) is 7.37. The number of thiocarbonyl (C=S) groups is 2. The van der Waals surface area contributed by atoms with Crippen molar-refractivity contribution in [1.29, 1.82) is 0 Å². The van der Waals surface area contributed by atoms with Gasteiger partial charge in [0.2, 0.25) is 11.8 Å². The van der Waals surface area contributed by atoms with Crippen LogP contribution in [0.5, 0.6) is 0 Å². The van der Waals surface area contributed by atoms with Gasteiger partial charge in [0.05, 0.1) is 26.3 Å². The van der Waals surface area contributed by atoms with Gasteiger partial charge < -0.3 is 19.3 Å². The van der Waals surface area contributed by atoms with Crippen molar-refractivity contribution < 1.29 is 19.1 Å². The summed E-state index contributed by atoms with van der Waals surface area (Å²) in [5.74, 6) is 0.159. The average molecular weight is 515 g/mol. The van der Waals surface area contributed by atoms with Crippen LogP contribution in [0.4, 0.5) is 0 Å². The normalized spacial score (nSPS) is 17.7. The fourth-order valence-corrected chi connectivity index (χ4v) is 4.75. The van der Waals surface area contributed by atoms with Crippen LogP contribution >= 0.6 is 24.4 Å². The molecule has 0 aromatic heterocycles. The van der Waals surface area contributed by atoms with E-state index >= 15 is 0 Å². The lowest BCUT2D eigenvalue weighted by Crippen LogP contribution is -2.40. The highest BCUT2D eigenvalue weighted by Gasteiger charge is 2.36. The summed E-state index contributed by atoms with van der Waals surface area (Å²) in [6.45, 7) is 18.3. The topological polar surface area (TPSA) is 65.6 Å². The zero-order valence-corrected chi connectivity index (χ0v) is 23.4. The second-order valence-corrected chi connectivity index (χ2v) is 11.3. The van der Waals surface area contributed by atoms with Gasteiger partial charge in [0.15, 0.2) is 10.2 Å². The molecule has 2 aliphatic heterocycles. The minimum Gasteiger partial charge on any atom is -0.379 e. The van der Waals surface area contributed by atoms with E-state index in [4.69, 9.17) is 33.9 Å². The Labute approximate surface area is 215 Å². The summed E-state index contributed by atoms with van der Waals surface area (Å²) < 4.78 is 11.5. The van der Waals surface area contributed by atoms with E-state index in [1.165, 1.54) is 0 Å². The number of rotatable bonds is 15. The van der Waals surface area contributed by atoms with Crippen LogP contribution in [0.3, 0.4) is 0 Å². The summed E-state index contributed by atoms with van der Waals surface area (Å²) in [5.41, 5.74) is -0.176. The molecule has 2 fully saturated rings. The first-order valence-electron chi connectivity index (χ1n) is 12.2. The molecule has 2 heterocycles. The number of likely N-dealkylation sites (N-methyl/N-ethyl adjacent to an activating group) is 2. The molecule has 0 radical (unpaired) electrons. The number of amides is 2. The van der Waals surface area contributed by atoms with E-state index in [2.05, 4.69) is 27.7 Å². The first-order valence-corrected chi connectivity index (χ1v) is 13.1. The molecule has 0 N–H and O–H groups in total. The zero-order chi connectivity index (χ0) is 25.5. The van der Waals surface area contributed by atoms with Crippen LogP contribution in [0.1, 0.15) is 54.4 Å². The second-order valence-electron chi connectivity index (χ2n) is 10.6. The van der Waals surface area contributed by atoms with Crippen LogP contribution < -0.4 is 0 Å². The molecule has 2 rings (SSSR count). The lowest BCUT2D eigenvalue weighted by Gasteiger charge is -2.30. The fourth-order valence-electron chi connectivity index (χ4n) is 4.03. The molecule has 0 atom stereocenters. The molecule has 194 valence electrons. The van der Waals surface area contributed by atoms with Crippen molar-refractivity contribution in [2.45, 2.75) is 54.4 Å². The number of ether oxygens (including phenoxy) is 2. The zero-order valence-electron chi connectivity index (χ0n) is 21.7. The highest BCUT2D eigenvalue weighted by Crippen LogP contribution is 2.26. The molecule has 2 saturated heterocycles. The molecule has 0 saturated carbocycles. The van der Waals surface area contributed by atoms with Gasteiger partial charge in [-0.3, -0.25) is 19.4 Å². The summed E-state index contributed by atoms with van der Waals surface area (Å²) in [7, 11) is 0. The van der Waals surface area contributed by atoms with E-state index in [9.17, 15) is 9.59 Å². The van der Waals surface area contributed by atoms with Gasteiger partial charge in [-0.15, -0.1) is 0 Å². The van der Waals surface area contributed by atoms with Crippen LogP contribution in [0.15, 0.2) is 0 Å². The predicted molar refractivity (Wildman–Crippen MR) is 142 cm³/mol. The Bertz CT molecular complexity index is 697. The molecular formula is C24H42N4O4S2. The molecule has 10 heteroatoms. The number of hydrogen-bond donors (Lipinski definition) is 0. The maximum Gasteiger partial charge on any atom is 0.248 e. The SMILES string of the molecule is CCN1CC(=O)N(CC(C)(C)CCOCCOCCC(C)(C)CN2C(=O)CN(CC)C2=S)C1=S. The molecule has 2 aliphatic rings.